The third kappa shape index (κ3) is 4.11. The lowest BCUT2D eigenvalue weighted by molar-refractivity contribution is -0.159. The summed E-state index contributed by atoms with van der Waals surface area (Å²) in [7, 11) is 1.55. The first-order chi connectivity index (χ1) is 10.6. The number of amides is 1. The lowest BCUT2D eigenvalue weighted by Gasteiger charge is -2.30. The molecule has 7 heteroatoms. The average molecular weight is 309 g/mol. The van der Waals surface area contributed by atoms with E-state index in [1.807, 2.05) is 12.1 Å². The fourth-order valence-electron chi connectivity index (χ4n) is 2.17. The number of carboxylic acids is 1. The van der Waals surface area contributed by atoms with Gasteiger partial charge in [0.1, 0.15) is 0 Å². The number of methoxy groups -OCH3 is 1. The molecular weight excluding hydrogens is 290 g/mol. The van der Waals surface area contributed by atoms with E-state index in [1.54, 1.807) is 19.2 Å². The quantitative estimate of drug-likeness (QED) is 0.835. The van der Waals surface area contributed by atoms with E-state index >= 15 is 0 Å². The van der Waals surface area contributed by atoms with Crippen LogP contribution < -0.4 is 9.47 Å². The molecule has 0 spiro atoms. The lowest BCUT2D eigenvalue weighted by Crippen LogP contribution is -2.48. The summed E-state index contributed by atoms with van der Waals surface area (Å²) in [5, 5.41) is 8.92. The normalized spacial score (nSPS) is 17.9. The lowest BCUT2D eigenvalue weighted by atomic mass is 10.2. The number of rotatable bonds is 6. The summed E-state index contributed by atoms with van der Waals surface area (Å²) in [6.07, 6.45) is -0.780. The van der Waals surface area contributed by atoms with E-state index in [4.69, 9.17) is 19.3 Å². The highest BCUT2D eigenvalue weighted by atomic mass is 16.5. The topological polar surface area (TPSA) is 85.3 Å². The van der Waals surface area contributed by atoms with Gasteiger partial charge in [-0.25, -0.2) is 4.79 Å². The van der Waals surface area contributed by atoms with Crippen molar-refractivity contribution in [2.75, 3.05) is 33.4 Å². The van der Waals surface area contributed by atoms with Crippen LogP contribution in [0.1, 0.15) is 6.42 Å². The Balaban J connectivity index is 1.81. The van der Waals surface area contributed by atoms with Crippen molar-refractivity contribution in [1.29, 1.82) is 0 Å². The van der Waals surface area contributed by atoms with Crippen molar-refractivity contribution in [2.45, 2.75) is 12.5 Å². The minimum atomic E-state index is -1.05. The van der Waals surface area contributed by atoms with Crippen LogP contribution in [0.2, 0.25) is 0 Å². The number of nitrogens with zero attached hydrogens (tertiary/aromatic N) is 1. The van der Waals surface area contributed by atoms with Crippen LogP contribution >= 0.6 is 0 Å². The fraction of sp³-hybridized carbons (Fsp3) is 0.467. The largest absolute Gasteiger partial charge is 0.493 e. The third-order valence-corrected chi connectivity index (χ3v) is 3.34. The zero-order chi connectivity index (χ0) is 15.9. The highest BCUT2D eigenvalue weighted by molar-refractivity contribution is 5.78. The molecule has 1 aliphatic heterocycles. The van der Waals surface area contributed by atoms with Crippen LogP contribution in [0.4, 0.5) is 0 Å². The predicted octanol–water partition coefficient (Wildman–Crippen LogP) is 0.776. The van der Waals surface area contributed by atoms with Gasteiger partial charge in [-0.1, -0.05) is 12.1 Å². The number of para-hydroxylation sites is 2. The molecule has 2 rings (SSSR count). The molecule has 1 atom stereocenters. The molecule has 1 amide bonds. The molecule has 1 unspecified atom stereocenters. The van der Waals surface area contributed by atoms with Gasteiger partial charge in [-0.3, -0.25) is 4.79 Å². The number of hydrogen-bond acceptors (Lipinski definition) is 5. The Morgan fingerprint density at radius 1 is 1.36 bits per heavy atom. The van der Waals surface area contributed by atoms with Crippen LogP contribution in [0.25, 0.3) is 0 Å². The molecule has 120 valence electrons. The standard InChI is InChI=1S/C15H19NO6/c1-20-11-4-2-3-5-12(11)21-8-6-14(17)16-7-9-22-13(10-16)15(18)19/h2-5,13H,6-10H2,1H3,(H,18,19). The molecule has 0 saturated carbocycles. The Kier molecular flexibility index (Phi) is 5.60. The van der Waals surface area contributed by atoms with Gasteiger partial charge in [0.05, 0.1) is 33.3 Å². The van der Waals surface area contributed by atoms with Crippen LogP contribution in [-0.4, -0.2) is 61.4 Å². The second-order valence-corrected chi connectivity index (χ2v) is 4.79. The maximum absolute atomic E-state index is 12.1. The van der Waals surface area contributed by atoms with E-state index in [0.29, 0.717) is 18.0 Å². The number of carbonyl (C=O) groups is 2. The first-order valence-corrected chi connectivity index (χ1v) is 7.00. The number of aliphatic carboxylic acids is 1. The van der Waals surface area contributed by atoms with Gasteiger partial charge in [-0.2, -0.15) is 0 Å². The summed E-state index contributed by atoms with van der Waals surface area (Å²) in [5.41, 5.74) is 0. The van der Waals surface area contributed by atoms with Crippen molar-refractivity contribution in [2.24, 2.45) is 0 Å². The first-order valence-electron chi connectivity index (χ1n) is 7.00. The van der Waals surface area contributed by atoms with Crippen LogP contribution in [0.5, 0.6) is 11.5 Å². The van der Waals surface area contributed by atoms with E-state index in [-0.39, 0.29) is 32.1 Å². The number of morpholine rings is 1. The Labute approximate surface area is 128 Å². The molecular formula is C15H19NO6. The minimum Gasteiger partial charge on any atom is -0.493 e. The second-order valence-electron chi connectivity index (χ2n) is 4.79. The maximum Gasteiger partial charge on any atom is 0.334 e. The van der Waals surface area contributed by atoms with Crippen molar-refractivity contribution < 1.29 is 28.9 Å². The molecule has 1 N–H and O–H groups in total. The van der Waals surface area contributed by atoms with Crippen LogP contribution in [-0.2, 0) is 14.3 Å². The Morgan fingerprint density at radius 2 is 2.09 bits per heavy atom. The number of ether oxygens (including phenoxy) is 3. The van der Waals surface area contributed by atoms with Gasteiger partial charge in [-0.05, 0) is 12.1 Å². The van der Waals surface area contributed by atoms with Gasteiger partial charge in [0.15, 0.2) is 17.6 Å². The van der Waals surface area contributed by atoms with Crippen LogP contribution in [0, 0.1) is 0 Å². The first kappa shape index (κ1) is 16.1. The van der Waals surface area contributed by atoms with Crippen LogP contribution in [0.15, 0.2) is 24.3 Å². The van der Waals surface area contributed by atoms with Crippen molar-refractivity contribution >= 4 is 11.9 Å². The summed E-state index contributed by atoms with van der Waals surface area (Å²) in [4.78, 5) is 24.5. The summed E-state index contributed by atoms with van der Waals surface area (Å²) < 4.78 is 15.8. The number of benzene rings is 1. The number of hydrogen-bond donors (Lipinski definition) is 1. The molecule has 1 saturated heterocycles. The van der Waals surface area contributed by atoms with E-state index in [0.717, 1.165) is 0 Å². The van der Waals surface area contributed by atoms with Crippen molar-refractivity contribution in [1.82, 2.24) is 4.90 Å². The molecule has 0 aliphatic carbocycles. The van der Waals surface area contributed by atoms with Crippen LogP contribution in [0.3, 0.4) is 0 Å². The number of carboxylic acid groups (broad SMARTS) is 1. The minimum absolute atomic E-state index is 0.0722. The van der Waals surface area contributed by atoms with Gasteiger partial charge in [0.25, 0.3) is 0 Å². The monoisotopic (exact) mass is 309 g/mol. The zero-order valence-electron chi connectivity index (χ0n) is 12.4. The van der Waals surface area contributed by atoms with Crippen molar-refractivity contribution in [3.8, 4) is 11.5 Å². The highest BCUT2D eigenvalue weighted by Gasteiger charge is 2.28. The smallest absolute Gasteiger partial charge is 0.334 e. The molecule has 1 aromatic rings. The maximum atomic E-state index is 12.1. The molecule has 0 aromatic heterocycles. The van der Waals surface area contributed by atoms with Gasteiger partial charge >= 0.3 is 5.97 Å². The molecule has 1 aromatic carbocycles. The van der Waals surface area contributed by atoms with E-state index in [9.17, 15) is 9.59 Å². The molecule has 0 radical (unpaired) electrons. The van der Waals surface area contributed by atoms with Crippen molar-refractivity contribution in [3.05, 3.63) is 24.3 Å². The summed E-state index contributed by atoms with van der Waals surface area (Å²) in [6, 6.07) is 7.19. The van der Waals surface area contributed by atoms with Gasteiger partial charge in [-0.15, -0.1) is 0 Å². The molecule has 1 heterocycles. The molecule has 1 aliphatic rings. The van der Waals surface area contributed by atoms with Gasteiger partial charge in [0, 0.05) is 6.54 Å². The van der Waals surface area contributed by atoms with E-state index < -0.39 is 12.1 Å². The Morgan fingerprint density at radius 3 is 2.77 bits per heavy atom. The average Bonchev–Trinajstić information content (AvgIpc) is 2.55. The summed E-state index contributed by atoms with van der Waals surface area (Å²) in [6.45, 7) is 0.907. The van der Waals surface area contributed by atoms with Crippen molar-refractivity contribution in [3.63, 3.8) is 0 Å². The Bertz CT molecular complexity index is 533. The second kappa shape index (κ2) is 7.65. The zero-order valence-corrected chi connectivity index (χ0v) is 12.4. The molecule has 7 nitrogen and oxygen atoms in total. The van der Waals surface area contributed by atoms with E-state index in [2.05, 4.69) is 0 Å². The van der Waals surface area contributed by atoms with E-state index in [1.165, 1.54) is 4.90 Å². The predicted molar refractivity (Wildman–Crippen MR) is 77.1 cm³/mol. The Hall–Kier alpha value is -2.28. The van der Waals surface area contributed by atoms with Gasteiger partial charge < -0.3 is 24.2 Å². The third-order valence-electron chi connectivity index (χ3n) is 3.34. The SMILES string of the molecule is COc1ccccc1OCCC(=O)N1CCOC(C(=O)O)C1. The highest BCUT2D eigenvalue weighted by Crippen LogP contribution is 2.25. The fourth-order valence-corrected chi connectivity index (χ4v) is 2.17. The number of carbonyl (C=O) groups excluding carboxylic acids is 1. The molecule has 1 fully saturated rings. The summed E-state index contributed by atoms with van der Waals surface area (Å²) >= 11 is 0. The summed E-state index contributed by atoms with van der Waals surface area (Å²) in [5.74, 6) is -0.0253. The molecule has 0 bridgehead atoms. The van der Waals surface area contributed by atoms with Gasteiger partial charge in [0.2, 0.25) is 5.91 Å². The molecule has 22 heavy (non-hydrogen) atoms.